The molecule has 0 saturated carbocycles. The van der Waals surface area contributed by atoms with Gasteiger partial charge in [-0.05, 0) is 32.9 Å². The summed E-state index contributed by atoms with van der Waals surface area (Å²) in [7, 11) is 1.55. The Hall–Kier alpha value is -1.82. The maximum atomic E-state index is 13.3. The molecule has 2 amide bonds. The van der Waals surface area contributed by atoms with Crippen LogP contribution in [0.15, 0.2) is 18.2 Å². The molecule has 1 rings (SSSR count). The molecular weight excluding hydrogens is 263 g/mol. The molecule has 0 fully saturated rings. The van der Waals surface area contributed by atoms with Gasteiger partial charge >= 0.3 is 6.03 Å². The van der Waals surface area contributed by atoms with Crippen LogP contribution in [0.4, 0.5) is 14.9 Å². The molecule has 1 unspecified atom stereocenters. The molecule has 0 aliphatic carbocycles. The Labute approximate surface area is 118 Å². The smallest absolute Gasteiger partial charge is 0.319 e. The predicted molar refractivity (Wildman–Crippen MR) is 75.7 cm³/mol. The molecular formula is C14H21FN2O3. The van der Waals surface area contributed by atoms with Crippen LogP contribution in [0.25, 0.3) is 0 Å². The molecule has 2 N–H and O–H groups in total. The van der Waals surface area contributed by atoms with Gasteiger partial charge in [0.25, 0.3) is 0 Å². The second-order valence-corrected chi connectivity index (χ2v) is 4.76. The maximum absolute atomic E-state index is 13.3. The van der Waals surface area contributed by atoms with E-state index in [-0.39, 0.29) is 12.1 Å². The zero-order valence-electron chi connectivity index (χ0n) is 12.2. The molecule has 6 heteroatoms. The molecule has 0 spiro atoms. The topological polar surface area (TPSA) is 59.6 Å². The highest BCUT2D eigenvalue weighted by Gasteiger charge is 2.12. The van der Waals surface area contributed by atoms with E-state index in [2.05, 4.69) is 10.6 Å². The first-order valence-electron chi connectivity index (χ1n) is 6.45. The van der Waals surface area contributed by atoms with Crippen LogP contribution in [-0.4, -0.2) is 31.9 Å². The van der Waals surface area contributed by atoms with Gasteiger partial charge in [-0.15, -0.1) is 0 Å². The summed E-state index contributed by atoms with van der Waals surface area (Å²) in [6, 6.07) is 3.41. The van der Waals surface area contributed by atoms with Crippen LogP contribution in [-0.2, 0) is 4.74 Å². The third-order valence-electron chi connectivity index (χ3n) is 2.35. The molecule has 0 heterocycles. The van der Waals surface area contributed by atoms with Crippen LogP contribution < -0.4 is 15.4 Å². The zero-order chi connectivity index (χ0) is 15.1. The number of halogens is 1. The summed E-state index contributed by atoms with van der Waals surface area (Å²) in [6.45, 7) is 5.91. The van der Waals surface area contributed by atoms with Gasteiger partial charge in [0.15, 0.2) is 0 Å². The SMILES string of the molecule is COCC(C)NC(=O)Nc1cc(F)ccc1OC(C)C. The van der Waals surface area contributed by atoms with Crippen LogP contribution in [0.2, 0.25) is 0 Å². The van der Waals surface area contributed by atoms with E-state index in [9.17, 15) is 9.18 Å². The zero-order valence-corrected chi connectivity index (χ0v) is 12.2. The molecule has 0 aliphatic heterocycles. The van der Waals surface area contributed by atoms with Gasteiger partial charge in [0.1, 0.15) is 11.6 Å². The third kappa shape index (κ3) is 5.44. The van der Waals surface area contributed by atoms with E-state index in [4.69, 9.17) is 9.47 Å². The summed E-state index contributed by atoms with van der Waals surface area (Å²) >= 11 is 0. The fourth-order valence-electron chi connectivity index (χ4n) is 1.63. The molecule has 5 nitrogen and oxygen atoms in total. The molecule has 0 radical (unpaired) electrons. The van der Waals surface area contributed by atoms with E-state index in [1.807, 2.05) is 13.8 Å². The summed E-state index contributed by atoms with van der Waals surface area (Å²) in [4.78, 5) is 11.8. The van der Waals surface area contributed by atoms with Crippen LogP contribution in [0.5, 0.6) is 5.75 Å². The lowest BCUT2D eigenvalue weighted by Crippen LogP contribution is -2.38. The minimum Gasteiger partial charge on any atom is -0.489 e. The summed E-state index contributed by atoms with van der Waals surface area (Å²) < 4.78 is 23.7. The number of methoxy groups -OCH3 is 1. The molecule has 0 bridgehead atoms. The number of rotatable bonds is 6. The van der Waals surface area contributed by atoms with Crippen molar-refractivity contribution >= 4 is 11.7 Å². The minimum absolute atomic E-state index is 0.0727. The highest BCUT2D eigenvalue weighted by Crippen LogP contribution is 2.26. The molecule has 1 atom stereocenters. The number of ether oxygens (including phenoxy) is 2. The van der Waals surface area contributed by atoms with Crippen LogP contribution in [0, 0.1) is 5.82 Å². The fourth-order valence-corrected chi connectivity index (χ4v) is 1.63. The van der Waals surface area contributed by atoms with E-state index >= 15 is 0 Å². The fraction of sp³-hybridized carbons (Fsp3) is 0.500. The molecule has 20 heavy (non-hydrogen) atoms. The lowest BCUT2D eigenvalue weighted by atomic mass is 10.2. The van der Waals surface area contributed by atoms with Crippen molar-refractivity contribution < 1.29 is 18.7 Å². The Morgan fingerprint density at radius 2 is 2.05 bits per heavy atom. The first-order chi connectivity index (χ1) is 9.42. The minimum atomic E-state index is -0.443. The number of urea groups is 1. The number of amides is 2. The van der Waals surface area contributed by atoms with Crippen molar-refractivity contribution in [1.29, 1.82) is 0 Å². The van der Waals surface area contributed by atoms with Gasteiger partial charge in [-0.2, -0.15) is 0 Å². The van der Waals surface area contributed by atoms with Gasteiger partial charge in [0.2, 0.25) is 0 Å². The molecule has 0 aromatic heterocycles. The maximum Gasteiger partial charge on any atom is 0.319 e. The molecule has 1 aromatic rings. The first-order valence-corrected chi connectivity index (χ1v) is 6.45. The van der Waals surface area contributed by atoms with Crippen molar-refractivity contribution in [2.24, 2.45) is 0 Å². The number of benzene rings is 1. The van der Waals surface area contributed by atoms with Crippen molar-refractivity contribution in [2.75, 3.05) is 19.0 Å². The van der Waals surface area contributed by atoms with Crippen molar-refractivity contribution in [2.45, 2.75) is 32.9 Å². The molecule has 1 aromatic carbocycles. The molecule has 0 aliphatic rings. The van der Waals surface area contributed by atoms with E-state index in [1.165, 1.54) is 18.2 Å². The van der Waals surface area contributed by atoms with Crippen LogP contribution >= 0.6 is 0 Å². The number of carbonyl (C=O) groups is 1. The average molecular weight is 284 g/mol. The monoisotopic (exact) mass is 284 g/mol. The Kier molecular flexibility index (Phi) is 6.24. The van der Waals surface area contributed by atoms with Crippen LogP contribution in [0.3, 0.4) is 0 Å². The molecule has 0 saturated heterocycles. The van der Waals surface area contributed by atoms with Gasteiger partial charge in [0.05, 0.1) is 24.4 Å². The third-order valence-corrected chi connectivity index (χ3v) is 2.35. The Morgan fingerprint density at radius 1 is 1.35 bits per heavy atom. The van der Waals surface area contributed by atoms with Crippen molar-refractivity contribution in [1.82, 2.24) is 5.32 Å². The van der Waals surface area contributed by atoms with E-state index < -0.39 is 11.8 Å². The molecule has 112 valence electrons. The quantitative estimate of drug-likeness (QED) is 0.844. The second-order valence-electron chi connectivity index (χ2n) is 4.76. The Bertz CT molecular complexity index is 452. The van der Waals surface area contributed by atoms with Gasteiger partial charge < -0.3 is 20.1 Å². The van der Waals surface area contributed by atoms with E-state index in [1.54, 1.807) is 14.0 Å². The predicted octanol–water partition coefficient (Wildman–Crippen LogP) is 2.77. The van der Waals surface area contributed by atoms with Gasteiger partial charge in [-0.3, -0.25) is 0 Å². The van der Waals surface area contributed by atoms with Crippen LogP contribution in [0.1, 0.15) is 20.8 Å². The Morgan fingerprint density at radius 3 is 2.65 bits per heavy atom. The van der Waals surface area contributed by atoms with E-state index in [0.717, 1.165) is 0 Å². The van der Waals surface area contributed by atoms with Gasteiger partial charge in [-0.1, -0.05) is 0 Å². The van der Waals surface area contributed by atoms with Gasteiger partial charge in [0, 0.05) is 13.2 Å². The normalized spacial score (nSPS) is 12.1. The van der Waals surface area contributed by atoms with Crippen molar-refractivity contribution in [3.05, 3.63) is 24.0 Å². The standard InChI is InChI=1S/C14H21FN2O3/c1-9(2)20-13-6-5-11(15)7-12(13)17-14(18)16-10(3)8-19-4/h5-7,9-10H,8H2,1-4H3,(H2,16,17,18). The number of nitrogens with one attached hydrogen (secondary N) is 2. The number of carbonyl (C=O) groups excluding carboxylic acids is 1. The average Bonchev–Trinajstić information content (AvgIpc) is 2.32. The summed E-state index contributed by atoms with van der Waals surface area (Å²) in [5.74, 6) is -0.0164. The Balaban J connectivity index is 2.74. The largest absolute Gasteiger partial charge is 0.489 e. The van der Waals surface area contributed by atoms with E-state index in [0.29, 0.717) is 18.0 Å². The number of anilines is 1. The lowest BCUT2D eigenvalue weighted by molar-refractivity contribution is 0.173. The van der Waals surface area contributed by atoms with Gasteiger partial charge in [-0.25, -0.2) is 9.18 Å². The number of hydrogen-bond donors (Lipinski definition) is 2. The summed E-state index contributed by atoms with van der Waals surface area (Å²) in [5.41, 5.74) is 0.292. The summed E-state index contributed by atoms with van der Waals surface area (Å²) in [6.07, 6.45) is -0.0727. The number of hydrogen-bond acceptors (Lipinski definition) is 3. The highest BCUT2D eigenvalue weighted by molar-refractivity contribution is 5.91. The summed E-state index contributed by atoms with van der Waals surface area (Å²) in [5, 5.41) is 5.25. The van der Waals surface area contributed by atoms with Crippen molar-refractivity contribution in [3.63, 3.8) is 0 Å². The first kappa shape index (κ1) is 16.2. The lowest BCUT2D eigenvalue weighted by Gasteiger charge is -2.17. The van der Waals surface area contributed by atoms with Crippen molar-refractivity contribution in [3.8, 4) is 5.75 Å². The highest BCUT2D eigenvalue weighted by atomic mass is 19.1. The second kappa shape index (κ2) is 7.69.